The van der Waals surface area contributed by atoms with E-state index in [1.54, 1.807) is 0 Å². The summed E-state index contributed by atoms with van der Waals surface area (Å²) in [6, 6.07) is 0. The summed E-state index contributed by atoms with van der Waals surface area (Å²) in [6.45, 7) is 4.36. The lowest BCUT2D eigenvalue weighted by Crippen LogP contribution is -2.26. The molecule has 0 saturated carbocycles. The lowest BCUT2D eigenvalue weighted by Gasteiger charge is -2.15. The minimum Gasteiger partial charge on any atom is -0.462 e. The molecular formula is C25H45IO4. The first-order valence-corrected chi connectivity index (χ1v) is 13.7. The maximum atomic E-state index is 11.9. The predicted molar refractivity (Wildman–Crippen MR) is 134 cm³/mol. The van der Waals surface area contributed by atoms with Gasteiger partial charge >= 0.3 is 11.9 Å². The van der Waals surface area contributed by atoms with Gasteiger partial charge in [-0.2, -0.15) is 0 Å². The first kappa shape index (κ1) is 29.4. The average molecular weight is 537 g/mol. The number of alkyl halides is 1. The Morgan fingerprint density at radius 2 is 1.30 bits per heavy atom. The van der Waals surface area contributed by atoms with Gasteiger partial charge in [0.1, 0.15) is 12.7 Å². The Kier molecular flexibility index (Phi) is 22.6. The van der Waals surface area contributed by atoms with Crippen molar-refractivity contribution in [3.8, 4) is 0 Å². The van der Waals surface area contributed by atoms with Crippen LogP contribution in [0.15, 0.2) is 12.2 Å². The quantitative estimate of drug-likeness (QED) is 0.0496. The van der Waals surface area contributed by atoms with E-state index in [9.17, 15) is 9.59 Å². The molecule has 0 unspecified atom stereocenters. The maximum Gasteiger partial charge on any atom is 0.306 e. The SMILES string of the molecule is CCCCCCCC/C=C\CCCCCCCC(=O)O[C@@H](CI)COC(=O)CCC. The van der Waals surface area contributed by atoms with Gasteiger partial charge in [-0.05, 0) is 38.5 Å². The molecular weight excluding hydrogens is 491 g/mol. The first-order valence-electron chi connectivity index (χ1n) is 12.2. The van der Waals surface area contributed by atoms with Gasteiger partial charge in [-0.15, -0.1) is 0 Å². The number of allylic oxidation sites excluding steroid dienone is 2. The topological polar surface area (TPSA) is 52.6 Å². The second-order valence-corrected chi connectivity index (χ2v) is 8.91. The minimum absolute atomic E-state index is 0.167. The standard InChI is InChI=1S/C25H45IO4/c1-3-5-6-7-8-9-10-11-12-13-14-15-16-17-18-20-25(28)30-23(21-26)22-29-24(27)19-4-2/h11-12,23H,3-10,13-22H2,1-2H3/b12-11-/t23-/m0/s1. The molecule has 0 aromatic carbocycles. The van der Waals surface area contributed by atoms with Gasteiger partial charge in [0.2, 0.25) is 0 Å². The van der Waals surface area contributed by atoms with Crippen LogP contribution in [0.4, 0.5) is 0 Å². The van der Waals surface area contributed by atoms with Crippen LogP contribution in [-0.2, 0) is 19.1 Å². The molecule has 30 heavy (non-hydrogen) atoms. The Hall–Kier alpha value is -0.590. The second-order valence-electron chi connectivity index (χ2n) is 8.03. The summed E-state index contributed by atoms with van der Waals surface area (Å²) in [4.78, 5) is 23.4. The zero-order chi connectivity index (χ0) is 22.3. The first-order chi connectivity index (χ1) is 14.6. The fraction of sp³-hybridized carbons (Fsp3) is 0.840. The van der Waals surface area contributed by atoms with Gasteiger partial charge in [-0.3, -0.25) is 9.59 Å². The molecule has 1 atom stereocenters. The third kappa shape index (κ3) is 20.7. The van der Waals surface area contributed by atoms with E-state index in [0.717, 1.165) is 19.3 Å². The summed E-state index contributed by atoms with van der Waals surface area (Å²) in [6.07, 6.45) is 22.1. The van der Waals surface area contributed by atoms with Gasteiger partial charge < -0.3 is 9.47 Å². The highest BCUT2D eigenvalue weighted by molar-refractivity contribution is 14.1. The highest BCUT2D eigenvalue weighted by atomic mass is 127. The second kappa shape index (κ2) is 23.1. The number of halogens is 1. The van der Waals surface area contributed by atoms with Crippen molar-refractivity contribution in [2.75, 3.05) is 11.0 Å². The molecule has 0 N–H and O–H groups in total. The van der Waals surface area contributed by atoms with Gasteiger partial charge in [0.15, 0.2) is 0 Å². The van der Waals surface area contributed by atoms with Crippen molar-refractivity contribution in [2.45, 2.75) is 123 Å². The van der Waals surface area contributed by atoms with E-state index in [1.807, 2.05) is 6.92 Å². The van der Waals surface area contributed by atoms with Crippen molar-refractivity contribution in [3.05, 3.63) is 12.2 Å². The number of ether oxygens (including phenoxy) is 2. The molecule has 0 amide bonds. The number of esters is 2. The molecule has 0 fully saturated rings. The zero-order valence-corrected chi connectivity index (χ0v) is 21.6. The van der Waals surface area contributed by atoms with Crippen LogP contribution in [-0.4, -0.2) is 29.1 Å². The van der Waals surface area contributed by atoms with Crippen LogP contribution in [0, 0.1) is 0 Å². The molecule has 0 aromatic heterocycles. The van der Waals surface area contributed by atoms with Crippen LogP contribution in [0.1, 0.15) is 117 Å². The molecule has 0 aliphatic carbocycles. The van der Waals surface area contributed by atoms with Crippen molar-refractivity contribution >= 4 is 34.5 Å². The van der Waals surface area contributed by atoms with Gasteiger partial charge in [-0.25, -0.2) is 0 Å². The number of unbranched alkanes of at least 4 members (excludes halogenated alkanes) is 11. The smallest absolute Gasteiger partial charge is 0.306 e. The molecule has 0 aliphatic heterocycles. The van der Waals surface area contributed by atoms with E-state index in [2.05, 4.69) is 41.7 Å². The zero-order valence-electron chi connectivity index (χ0n) is 19.5. The third-order valence-electron chi connectivity index (χ3n) is 5.00. The fourth-order valence-corrected chi connectivity index (χ4v) is 3.59. The van der Waals surface area contributed by atoms with Crippen molar-refractivity contribution in [3.63, 3.8) is 0 Å². The minimum atomic E-state index is -0.331. The van der Waals surface area contributed by atoms with E-state index in [-0.39, 0.29) is 24.6 Å². The lowest BCUT2D eigenvalue weighted by molar-refractivity contribution is -0.157. The highest BCUT2D eigenvalue weighted by Gasteiger charge is 2.15. The van der Waals surface area contributed by atoms with Crippen molar-refractivity contribution in [1.82, 2.24) is 0 Å². The maximum absolute atomic E-state index is 11.9. The summed E-state index contributed by atoms with van der Waals surface area (Å²) < 4.78 is 11.2. The monoisotopic (exact) mass is 536 g/mol. The normalized spacial score (nSPS) is 12.2. The highest BCUT2D eigenvalue weighted by Crippen LogP contribution is 2.11. The molecule has 0 aliphatic rings. The van der Waals surface area contributed by atoms with Crippen LogP contribution >= 0.6 is 22.6 Å². The van der Waals surface area contributed by atoms with Gasteiger partial charge in [0.05, 0.1) is 0 Å². The number of hydrogen-bond donors (Lipinski definition) is 0. The van der Waals surface area contributed by atoms with Crippen LogP contribution < -0.4 is 0 Å². The Bertz CT molecular complexity index is 437. The molecule has 0 radical (unpaired) electrons. The van der Waals surface area contributed by atoms with Gasteiger partial charge in [0, 0.05) is 17.3 Å². The van der Waals surface area contributed by atoms with Gasteiger partial charge in [-0.1, -0.05) is 100.0 Å². The molecule has 176 valence electrons. The van der Waals surface area contributed by atoms with Crippen LogP contribution in [0.25, 0.3) is 0 Å². The van der Waals surface area contributed by atoms with E-state index in [0.29, 0.717) is 17.3 Å². The van der Waals surface area contributed by atoms with Crippen molar-refractivity contribution < 1.29 is 19.1 Å². The Morgan fingerprint density at radius 3 is 1.87 bits per heavy atom. The molecule has 0 bridgehead atoms. The van der Waals surface area contributed by atoms with E-state index >= 15 is 0 Å². The largest absolute Gasteiger partial charge is 0.462 e. The number of carbonyl (C=O) groups excluding carboxylic acids is 2. The van der Waals surface area contributed by atoms with Gasteiger partial charge in [0.25, 0.3) is 0 Å². The predicted octanol–water partition coefficient (Wildman–Crippen LogP) is 7.71. The lowest BCUT2D eigenvalue weighted by atomic mass is 10.1. The molecule has 0 saturated heterocycles. The summed E-state index contributed by atoms with van der Waals surface area (Å²) >= 11 is 2.16. The number of rotatable bonds is 21. The summed E-state index contributed by atoms with van der Waals surface area (Å²) in [5, 5.41) is 0. The van der Waals surface area contributed by atoms with E-state index in [4.69, 9.17) is 9.47 Å². The average Bonchev–Trinajstić information content (AvgIpc) is 2.74. The van der Waals surface area contributed by atoms with Crippen LogP contribution in [0.2, 0.25) is 0 Å². The molecule has 0 rings (SSSR count). The number of carbonyl (C=O) groups is 2. The molecule has 0 heterocycles. The Labute approximate surface area is 199 Å². The molecule has 5 heteroatoms. The summed E-state index contributed by atoms with van der Waals surface area (Å²) in [5.41, 5.74) is 0. The number of hydrogen-bond acceptors (Lipinski definition) is 4. The molecule has 0 aromatic rings. The van der Waals surface area contributed by atoms with Crippen LogP contribution in [0.3, 0.4) is 0 Å². The summed E-state index contributed by atoms with van der Waals surface area (Å²) in [5.74, 6) is -0.401. The Balaban J connectivity index is 3.50. The van der Waals surface area contributed by atoms with Crippen molar-refractivity contribution in [2.24, 2.45) is 0 Å². The third-order valence-corrected chi connectivity index (χ3v) is 5.98. The van der Waals surface area contributed by atoms with E-state index in [1.165, 1.54) is 70.6 Å². The fourth-order valence-electron chi connectivity index (χ4n) is 3.16. The van der Waals surface area contributed by atoms with Crippen LogP contribution in [0.5, 0.6) is 0 Å². The molecule has 4 nitrogen and oxygen atoms in total. The van der Waals surface area contributed by atoms with E-state index < -0.39 is 0 Å². The van der Waals surface area contributed by atoms with Crippen molar-refractivity contribution in [1.29, 1.82) is 0 Å². The summed E-state index contributed by atoms with van der Waals surface area (Å²) in [7, 11) is 0. The Morgan fingerprint density at radius 1 is 0.733 bits per heavy atom. The molecule has 0 spiro atoms.